The molecule has 1 aromatic heterocycles. The number of aliphatic hydroxyl groups is 1. The fraction of sp³-hybridized carbons (Fsp3) is 0.160. The van der Waals surface area contributed by atoms with E-state index in [1.807, 2.05) is 0 Å². The number of carbonyl (C=O) groups is 2. The first-order valence-electron chi connectivity index (χ1n) is 10.4. The molecule has 1 unspecified atom stereocenters. The third-order valence-electron chi connectivity index (χ3n) is 5.76. The maximum atomic E-state index is 13.3. The van der Waals surface area contributed by atoms with Gasteiger partial charge in [0, 0.05) is 29.7 Å². The summed E-state index contributed by atoms with van der Waals surface area (Å²) in [5, 5.41) is 11.3. The van der Waals surface area contributed by atoms with E-state index in [0.29, 0.717) is 39.8 Å². The van der Waals surface area contributed by atoms with E-state index in [9.17, 15) is 14.7 Å². The smallest absolute Gasteiger partial charge is 0.300 e. The molecule has 1 fully saturated rings. The Morgan fingerprint density at radius 3 is 2.44 bits per heavy atom. The highest BCUT2D eigenvalue weighted by Crippen LogP contribution is 2.45. The van der Waals surface area contributed by atoms with Crippen molar-refractivity contribution in [1.29, 1.82) is 0 Å². The normalized spacial score (nSPS) is 18.3. The second kappa shape index (κ2) is 8.43. The maximum absolute atomic E-state index is 13.3. The van der Waals surface area contributed by atoms with Crippen LogP contribution in [0.3, 0.4) is 0 Å². The molecular weight excluding hydrogens is 440 g/mol. The monoisotopic (exact) mass is 460 g/mol. The van der Waals surface area contributed by atoms with Crippen molar-refractivity contribution in [3.8, 4) is 23.0 Å². The van der Waals surface area contributed by atoms with Crippen LogP contribution in [-0.4, -0.2) is 42.8 Å². The molecule has 0 spiro atoms. The van der Waals surface area contributed by atoms with Crippen molar-refractivity contribution in [3.05, 3.63) is 77.6 Å². The molecule has 1 saturated heterocycles. The van der Waals surface area contributed by atoms with Crippen LogP contribution in [0.1, 0.15) is 17.2 Å². The van der Waals surface area contributed by atoms with Gasteiger partial charge in [-0.25, -0.2) is 0 Å². The summed E-state index contributed by atoms with van der Waals surface area (Å²) in [5.74, 6) is -0.0692. The van der Waals surface area contributed by atoms with Gasteiger partial charge in [0.2, 0.25) is 6.79 Å². The van der Waals surface area contributed by atoms with E-state index in [1.165, 1.54) is 19.1 Å². The SMILES string of the molecule is COc1ccc(/C(O)=C2\C(=O)C(=O)N(c3ccc4c(c3)OCO4)C2c2ccncc2)cc1OC. The lowest BCUT2D eigenvalue weighted by molar-refractivity contribution is -0.132. The molecule has 0 saturated carbocycles. The number of carbonyl (C=O) groups excluding carboxylic acids is 2. The number of ketones is 1. The molecule has 1 N–H and O–H groups in total. The predicted octanol–water partition coefficient (Wildman–Crippen LogP) is 3.45. The third kappa shape index (κ3) is 3.38. The first-order chi connectivity index (χ1) is 16.5. The Labute approximate surface area is 194 Å². The zero-order valence-electron chi connectivity index (χ0n) is 18.3. The fourth-order valence-electron chi connectivity index (χ4n) is 4.13. The zero-order valence-corrected chi connectivity index (χ0v) is 18.3. The van der Waals surface area contributed by atoms with Crippen LogP contribution >= 0.6 is 0 Å². The number of amides is 1. The summed E-state index contributed by atoms with van der Waals surface area (Å²) >= 11 is 0. The summed E-state index contributed by atoms with van der Waals surface area (Å²) in [6.45, 7) is 0.0741. The molecule has 1 atom stereocenters. The van der Waals surface area contributed by atoms with Crippen LogP contribution in [-0.2, 0) is 9.59 Å². The highest BCUT2D eigenvalue weighted by molar-refractivity contribution is 6.51. The minimum Gasteiger partial charge on any atom is -0.507 e. The Hall–Kier alpha value is -4.53. The number of anilines is 1. The number of Topliss-reactive ketones (excluding diaryl/α,β-unsaturated/α-hetero) is 1. The number of pyridine rings is 1. The maximum Gasteiger partial charge on any atom is 0.300 e. The van der Waals surface area contributed by atoms with Gasteiger partial charge in [-0.3, -0.25) is 19.5 Å². The van der Waals surface area contributed by atoms with E-state index in [1.54, 1.807) is 60.9 Å². The van der Waals surface area contributed by atoms with Gasteiger partial charge in [0.15, 0.2) is 23.0 Å². The molecule has 9 heteroatoms. The van der Waals surface area contributed by atoms with E-state index in [-0.39, 0.29) is 18.1 Å². The molecule has 34 heavy (non-hydrogen) atoms. The Kier molecular flexibility index (Phi) is 5.29. The molecular formula is C25H20N2O7. The molecule has 172 valence electrons. The third-order valence-corrected chi connectivity index (χ3v) is 5.76. The fourth-order valence-corrected chi connectivity index (χ4v) is 4.13. The summed E-state index contributed by atoms with van der Waals surface area (Å²) in [7, 11) is 2.97. The van der Waals surface area contributed by atoms with Gasteiger partial charge in [0.1, 0.15) is 5.76 Å². The van der Waals surface area contributed by atoms with E-state index in [0.717, 1.165) is 0 Å². The minimum atomic E-state index is -0.892. The number of ether oxygens (including phenoxy) is 4. The molecule has 3 aromatic rings. The van der Waals surface area contributed by atoms with Crippen LogP contribution in [0.4, 0.5) is 5.69 Å². The average molecular weight is 460 g/mol. The lowest BCUT2D eigenvalue weighted by atomic mass is 9.95. The van der Waals surface area contributed by atoms with Gasteiger partial charge in [0.25, 0.3) is 11.7 Å². The highest BCUT2D eigenvalue weighted by atomic mass is 16.7. The summed E-state index contributed by atoms with van der Waals surface area (Å²) < 4.78 is 21.4. The topological polar surface area (TPSA) is 107 Å². The predicted molar refractivity (Wildman–Crippen MR) is 121 cm³/mol. The molecule has 9 nitrogen and oxygen atoms in total. The first kappa shape index (κ1) is 21.3. The second-order valence-corrected chi connectivity index (χ2v) is 7.56. The van der Waals surface area contributed by atoms with Crippen LogP contribution < -0.4 is 23.8 Å². The van der Waals surface area contributed by atoms with E-state index >= 15 is 0 Å². The standard InChI is InChI=1S/C25H20N2O7/c1-31-17-5-3-15(11-19(17)32-2)23(28)21-22(14-7-9-26-10-8-14)27(25(30)24(21)29)16-4-6-18-20(12-16)34-13-33-18/h3-12,22,28H,13H2,1-2H3/b23-21+. The quantitative estimate of drug-likeness (QED) is 0.351. The van der Waals surface area contributed by atoms with Crippen molar-refractivity contribution in [3.63, 3.8) is 0 Å². The van der Waals surface area contributed by atoms with Gasteiger partial charge in [-0.15, -0.1) is 0 Å². The van der Waals surface area contributed by atoms with Crippen LogP contribution in [0, 0.1) is 0 Å². The molecule has 2 aliphatic heterocycles. The van der Waals surface area contributed by atoms with E-state index < -0.39 is 17.7 Å². The van der Waals surface area contributed by atoms with Crippen molar-refractivity contribution in [2.45, 2.75) is 6.04 Å². The lowest BCUT2D eigenvalue weighted by Gasteiger charge is -2.25. The molecule has 3 heterocycles. The molecule has 0 aliphatic carbocycles. The largest absolute Gasteiger partial charge is 0.507 e. The van der Waals surface area contributed by atoms with Gasteiger partial charge >= 0.3 is 0 Å². The minimum absolute atomic E-state index is 0.0545. The Morgan fingerprint density at radius 2 is 1.71 bits per heavy atom. The summed E-state index contributed by atoms with van der Waals surface area (Å²) in [6, 6.07) is 12.2. The zero-order chi connectivity index (χ0) is 23.8. The number of nitrogens with zero attached hydrogens (tertiary/aromatic N) is 2. The van der Waals surface area contributed by atoms with Gasteiger partial charge in [0.05, 0.1) is 25.8 Å². The number of methoxy groups -OCH3 is 2. The second-order valence-electron chi connectivity index (χ2n) is 7.56. The van der Waals surface area contributed by atoms with E-state index in [2.05, 4.69) is 4.98 Å². The van der Waals surface area contributed by atoms with Crippen molar-refractivity contribution < 1.29 is 33.6 Å². The summed E-state index contributed by atoms with van der Waals surface area (Å²) in [5.41, 5.74) is 1.29. The van der Waals surface area contributed by atoms with Crippen molar-refractivity contribution in [2.75, 3.05) is 25.9 Å². The van der Waals surface area contributed by atoms with Gasteiger partial charge in [-0.05, 0) is 48.0 Å². The molecule has 1 amide bonds. The number of rotatable bonds is 5. The number of benzene rings is 2. The van der Waals surface area contributed by atoms with Crippen LogP contribution in [0.2, 0.25) is 0 Å². The van der Waals surface area contributed by atoms with Crippen molar-refractivity contribution in [2.24, 2.45) is 0 Å². The van der Waals surface area contributed by atoms with Crippen LogP contribution in [0.25, 0.3) is 5.76 Å². The van der Waals surface area contributed by atoms with Gasteiger partial charge in [-0.1, -0.05) is 0 Å². The molecule has 0 bridgehead atoms. The Balaban J connectivity index is 1.69. The number of aliphatic hydroxyl groups excluding tert-OH is 1. The average Bonchev–Trinajstić information content (AvgIpc) is 3.45. The summed E-state index contributed by atoms with van der Waals surface area (Å²) in [6.07, 6.45) is 3.12. The number of hydrogen-bond acceptors (Lipinski definition) is 8. The van der Waals surface area contributed by atoms with Crippen LogP contribution in [0.15, 0.2) is 66.5 Å². The molecule has 2 aliphatic rings. The number of fused-ring (bicyclic) bond motifs is 1. The molecule has 0 radical (unpaired) electrons. The molecule has 5 rings (SSSR count). The van der Waals surface area contributed by atoms with Crippen molar-refractivity contribution in [1.82, 2.24) is 4.98 Å². The Morgan fingerprint density at radius 1 is 0.971 bits per heavy atom. The van der Waals surface area contributed by atoms with Crippen LogP contribution in [0.5, 0.6) is 23.0 Å². The highest BCUT2D eigenvalue weighted by Gasteiger charge is 2.47. The lowest BCUT2D eigenvalue weighted by Crippen LogP contribution is -2.29. The van der Waals surface area contributed by atoms with Gasteiger partial charge in [-0.2, -0.15) is 0 Å². The number of hydrogen-bond donors (Lipinski definition) is 1. The van der Waals surface area contributed by atoms with E-state index in [4.69, 9.17) is 18.9 Å². The summed E-state index contributed by atoms with van der Waals surface area (Å²) in [4.78, 5) is 31.9. The van der Waals surface area contributed by atoms with Crippen molar-refractivity contribution >= 4 is 23.1 Å². The Bertz CT molecular complexity index is 1320. The molecule has 2 aromatic carbocycles. The number of aromatic nitrogens is 1. The first-order valence-corrected chi connectivity index (χ1v) is 10.4. The van der Waals surface area contributed by atoms with Gasteiger partial charge < -0.3 is 24.1 Å².